The highest BCUT2D eigenvalue weighted by atomic mass is 16.5. The van der Waals surface area contributed by atoms with Crippen molar-refractivity contribution in [2.75, 3.05) is 13.2 Å². The summed E-state index contributed by atoms with van der Waals surface area (Å²) in [5.41, 5.74) is 1.16. The van der Waals surface area contributed by atoms with Crippen molar-refractivity contribution >= 4 is 5.97 Å². The molecule has 0 aromatic carbocycles. The molecule has 0 bridgehead atoms. The SMILES string of the molecule is C=CC(=O)OCC(CO)CCC[C@H]1CC[C@@]2(C)[C@@H](CC[C@@H]3[C@@H]2CC[C@]2(C)[C@@H]([C@H](C)CCCC(C)C)CC[C@@H]32)C1. The van der Waals surface area contributed by atoms with Crippen molar-refractivity contribution in [1.29, 1.82) is 0 Å². The molecule has 0 amide bonds. The van der Waals surface area contributed by atoms with Crippen LogP contribution in [0, 0.1) is 64.1 Å². The molecule has 3 heteroatoms. The summed E-state index contributed by atoms with van der Waals surface area (Å²) < 4.78 is 5.19. The third-order valence-electron chi connectivity index (χ3n) is 13.1. The molecule has 0 spiro atoms. The first kappa shape index (κ1) is 31.1. The van der Waals surface area contributed by atoms with Crippen molar-refractivity contribution in [3.05, 3.63) is 12.7 Å². The quantitative estimate of drug-likeness (QED) is 0.186. The van der Waals surface area contributed by atoms with Crippen molar-refractivity contribution in [2.45, 2.75) is 131 Å². The number of esters is 1. The van der Waals surface area contributed by atoms with Gasteiger partial charge in [0.2, 0.25) is 0 Å². The van der Waals surface area contributed by atoms with Gasteiger partial charge in [-0.25, -0.2) is 4.79 Å². The van der Waals surface area contributed by atoms with Crippen LogP contribution in [0.5, 0.6) is 0 Å². The lowest BCUT2D eigenvalue weighted by molar-refractivity contribution is -0.139. The minimum absolute atomic E-state index is 0.0582. The average molecular weight is 543 g/mol. The molecule has 224 valence electrons. The van der Waals surface area contributed by atoms with E-state index in [1.54, 1.807) is 0 Å². The highest BCUT2D eigenvalue weighted by Gasteiger charge is 2.60. The van der Waals surface area contributed by atoms with Crippen LogP contribution in [0.2, 0.25) is 0 Å². The lowest BCUT2D eigenvalue weighted by atomic mass is 9.44. The number of aliphatic hydroxyl groups excluding tert-OH is 1. The zero-order chi connectivity index (χ0) is 28.2. The Morgan fingerprint density at radius 3 is 2.41 bits per heavy atom. The summed E-state index contributed by atoms with van der Waals surface area (Å²) in [5, 5.41) is 9.72. The van der Waals surface area contributed by atoms with Crippen LogP contribution >= 0.6 is 0 Å². The Morgan fingerprint density at radius 2 is 1.69 bits per heavy atom. The van der Waals surface area contributed by atoms with Crippen LogP contribution in [0.4, 0.5) is 0 Å². The third kappa shape index (κ3) is 6.81. The van der Waals surface area contributed by atoms with Crippen molar-refractivity contribution in [1.82, 2.24) is 0 Å². The van der Waals surface area contributed by atoms with E-state index in [4.69, 9.17) is 4.74 Å². The van der Waals surface area contributed by atoms with E-state index in [-0.39, 0.29) is 18.5 Å². The summed E-state index contributed by atoms with van der Waals surface area (Å²) in [6, 6.07) is 0. The minimum Gasteiger partial charge on any atom is -0.462 e. The molecule has 3 nitrogen and oxygen atoms in total. The first-order valence-electron chi connectivity index (χ1n) is 17.0. The van der Waals surface area contributed by atoms with Crippen molar-refractivity contribution < 1.29 is 14.6 Å². The highest BCUT2D eigenvalue weighted by molar-refractivity contribution is 5.81. The van der Waals surface area contributed by atoms with Crippen LogP contribution in [-0.4, -0.2) is 24.3 Å². The number of hydrogen-bond acceptors (Lipinski definition) is 3. The Bertz CT molecular complexity index is 805. The maximum atomic E-state index is 11.4. The predicted octanol–water partition coefficient (Wildman–Crippen LogP) is 9.23. The van der Waals surface area contributed by atoms with E-state index in [0.29, 0.717) is 17.4 Å². The summed E-state index contributed by atoms with van der Waals surface area (Å²) in [7, 11) is 0. The van der Waals surface area contributed by atoms with Gasteiger partial charge in [0.05, 0.1) is 6.61 Å². The van der Waals surface area contributed by atoms with E-state index in [1.165, 1.54) is 89.5 Å². The molecule has 1 unspecified atom stereocenters. The minimum atomic E-state index is -0.386. The Labute approximate surface area is 241 Å². The van der Waals surface area contributed by atoms with Gasteiger partial charge in [-0.3, -0.25) is 0 Å². The molecular weight excluding hydrogens is 480 g/mol. The lowest BCUT2D eigenvalue weighted by Crippen LogP contribution is -2.53. The smallest absolute Gasteiger partial charge is 0.330 e. The number of rotatable bonds is 13. The normalized spacial score (nSPS) is 39.4. The van der Waals surface area contributed by atoms with Gasteiger partial charge in [-0.05, 0) is 122 Å². The molecule has 10 atom stereocenters. The molecule has 4 fully saturated rings. The summed E-state index contributed by atoms with van der Waals surface area (Å²) in [6.45, 7) is 16.7. The molecule has 0 aromatic rings. The monoisotopic (exact) mass is 542 g/mol. The fourth-order valence-electron chi connectivity index (χ4n) is 10.8. The van der Waals surface area contributed by atoms with Gasteiger partial charge in [0.15, 0.2) is 0 Å². The second-order valence-electron chi connectivity index (χ2n) is 15.6. The van der Waals surface area contributed by atoms with E-state index in [2.05, 4.69) is 41.2 Å². The second kappa shape index (κ2) is 13.4. The number of carbonyl (C=O) groups is 1. The molecule has 0 saturated heterocycles. The molecule has 0 heterocycles. The zero-order valence-corrected chi connectivity index (χ0v) is 26.3. The van der Waals surface area contributed by atoms with Gasteiger partial charge in [0, 0.05) is 18.6 Å². The molecular formula is C36H62O3. The molecule has 0 aliphatic heterocycles. The van der Waals surface area contributed by atoms with Gasteiger partial charge in [0.1, 0.15) is 0 Å². The van der Waals surface area contributed by atoms with Gasteiger partial charge in [0.25, 0.3) is 0 Å². The van der Waals surface area contributed by atoms with Crippen molar-refractivity contribution in [3.63, 3.8) is 0 Å². The number of fused-ring (bicyclic) bond motifs is 5. The van der Waals surface area contributed by atoms with Crippen LogP contribution in [0.3, 0.4) is 0 Å². The van der Waals surface area contributed by atoms with Gasteiger partial charge in [-0.1, -0.05) is 73.3 Å². The maximum absolute atomic E-state index is 11.4. The predicted molar refractivity (Wildman–Crippen MR) is 162 cm³/mol. The summed E-state index contributed by atoms with van der Waals surface area (Å²) in [4.78, 5) is 11.4. The molecule has 4 rings (SSSR count). The molecule has 4 aliphatic carbocycles. The van der Waals surface area contributed by atoms with Crippen molar-refractivity contribution in [3.8, 4) is 0 Å². The number of ether oxygens (including phenoxy) is 1. The number of carbonyl (C=O) groups excluding carboxylic acids is 1. The van der Waals surface area contributed by atoms with Crippen molar-refractivity contribution in [2.24, 2.45) is 64.1 Å². The van der Waals surface area contributed by atoms with E-state index in [9.17, 15) is 9.90 Å². The first-order chi connectivity index (χ1) is 18.6. The molecule has 1 N–H and O–H groups in total. The standard InChI is InChI=1S/C36H62O3/c1-7-34(38)39-24-28(23-37)13-9-12-27-18-20-35(5)29(22-27)14-15-30-32-17-16-31(26(4)11-8-10-25(2)3)36(32,6)21-19-33(30)35/h7,25-33,37H,1,8-24H2,2-6H3/t26-,27+,28?,29+,30+,31-,32+,33+,35+,36-/m1/s1. The van der Waals surface area contributed by atoms with Crippen LogP contribution in [0.1, 0.15) is 131 Å². The fraction of sp³-hybridized carbons (Fsp3) is 0.917. The van der Waals surface area contributed by atoms with Crippen LogP contribution in [-0.2, 0) is 9.53 Å². The Balaban J connectivity index is 1.29. The zero-order valence-electron chi connectivity index (χ0n) is 26.3. The summed E-state index contributed by atoms with van der Waals surface area (Å²) >= 11 is 0. The molecule has 39 heavy (non-hydrogen) atoms. The van der Waals surface area contributed by atoms with E-state index in [0.717, 1.165) is 60.2 Å². The van der Waals surface area contributed by atoms with Gasteiger partial charge >= 0.3 is 5.97 Å². The lowest BCUT2D eigenvalue weighted by Gasteiger charge is -2.61. The van der Waals surface area contributed by atoms with E-state index >= 15 is 0 Å². The molecule has 4 aliphatic rings. The summed E-state index contributed by atoms with van der Waals surface area (Å²) in [5.74, 6) is 7.05. The van der Waals surface area contributed by atoms with Crippen LogP contribution in [0.25, 0.3) is 0 Å². The molecule has 4 saturated carbocycles. The number of hydrogen-bond donors (Lipinski definition) is 1. The average Bonchev–Trinajstić information content (AvgIpc) is 3.27. The Morgan fingerprint density at radius 1 is 0.949 bits per heavy atom. The van der Waals surface area contributed by atoms with Gasteiger partial charge < -0.3 is 9.84 Å². The first-order valence-corrected chi connectivity index (χ1v) is 17.0. The molecule has 0 aromatic heterocycles. The summed E-state index contributed by atoms with van der Waals surface area (Å²) in [6.07, 6.45) is 22.0. The molecule has 0 radical (unpaired) electrons. The van der Waals surface area contributed by atoms with Crippen LogP contribution < -0.4 is 0 Å². The fourth-order valence-corrected chi connectivity index (χ4v) is 10.8. The third-order valence-corrected chi connectivity index (χ3v) is 13.1. The van der Waals surface area contributed by atoms with E-state index < -0.39 is 0 Å². The topological polar surface area (TPSA) is 46.5 Å². The Hall–Kier alpha value is -0.830. The van der Waals surface area contributed by atoms with Crippen LogP contribution in [0.15, 0.2) is 12.7 Å². The van der Waals surface area contributed by atoms with Gasteiger partial charge in [-0.2, -0.15) is 0 Å². The van der Waals surface area contributed by atoms with E-state index in [1.807, 2.05) is 0 Å². The second-order valence-corrected chi connectivity index (χ2v) is 15.6. The van der Waals surface area contributed by atoms with Gasteiger partial charge in [-0.15, -0.1) is 0 Å². The maximum Gasteiger partial charge on any atom is 0.330 e. The largest absolute Gasteiger partial charge is 0.462 e. The number of aliphatic hydroxyl groups is 1. The highest BCUT2D eigenvalue weighted by Crippen LogP contribution is 2.68. The Kier molecular flexibility index (Phi) is 10.7.